The molecule has 0 aliphatic rings. The van der Waals surface area contributed by atoms with Crippen LogP contribution in [0, 0.1) is 0 Å². The van der Waals surface area contributed by atoms with Crippen molar-refractivity contribution >= 4 is 5.97 Å². The van der Waals surface area contributed by atoms with Crippen LogP contribution in [0.15, 0.2) is 12.2 Å². The number of hydrogen-bond donors (Lipinski definition) is 0. The number of hydrogen-bond acceptors (Lipinski definition) is 2. The summed E-state index contributed by atoms with van der Waals surface area (Å²) in [5, 5.41) is 0. The molecule has 0 amide bonds. The standard InChI is InChI=1S/C13H24O2/c1-4-5-6-7-8-9-10-11-13(14)15-12(2)3/h8-9,12H,4-7,10-11H2,1-3H3/b9-8-. The first-order valence-electron chi connectivity index (χ1n) is 6.01. The van der Waals surface area contributed by atoms with Crippen molar-refractivity contribution < 1.29 is 9.53 Å². The number of ether oxygens (including phenoxy) is 1. The maximum Gasteiger partial charge on any atom is 0.306 e. The van der Waals surface area contributed by atoms with Gasteiger partial charge in [0.15, 0.2) is 0 Å². The van der Waals surface area contributed by atoms with Gasteiger partial charge in [0.1, 0.15) is 0 Å². The van der Waals surface area contributed by atoms with E-state index in [-0.39, 0.29) is 12.1 Å². The van der Waals surface area contributed by atoms with Crippen molar-refractivity contribution in [3.8, 4) is 0 Å². The summed E-state index contributed by atoms with van der Waals surface area (Å²) in [5.74, 6) is -0.0943. The molecule has 0 atom stereocenters. The fraction of sp³-hybridized carbons (Fsp3) is 0.769. The molecule has 0 aromatic heterocycles. The highest BCUT2D eigenvalue weighted by molar-refractivity contribution is 5.69. The predicted octanol–water partition coefficient (Wildman–Crippen LogP) is 3.85. The molecule has 0 rings (SSSR count). The van der Waals surface area contributed by atoms with Gasteiger partial charge in [-0.25, -0.2) is 0 Å². The van der Waals surface area contributed by atoms with E-state index in [1.807, 2.05) is 13.8 Å². The maximum atomic E-state index is 11.1. The Morgan fingerprint density at radius 1 is 1.20 bits per heavy atom. The molecule has 0 aliphatic heterocycles. The average Bonchev–Trinajstić information content (AvgIpc) is 2.15. The summed E-state index contributed by atoms with van der Waals surface area (Å²) in [7, 11) is 0. The number of unbranched alkanes of at least 4 members (excludes halogenated alkanes) is 3. The van der Waals surface area contributed by atoms with Crippen molar-refractivity contribution in [2.75, 3.05) is 0 Å². The third-order valence-corrected chi connectivity index (χ3v) is 2.02. The maximum absolute atomic E-state index is 11.1. The molecule has 0 aromatic rings. The van der Waals surface area contributed by atoms with Gasteiger partial charge in [-0.05, 0) is 33.1 Å². The van der Waals surface area contributed by atoms with Gasteiger partial charge in [-0.15, -0.1) is 0 Å². The van der Waals surface area contributed by atoms with Crippen LogP contribution in [0.3, 0.4) is 0 Å². The molecule has 0 saturated heterocycles. The van der Waals surface area contributed by atoms with Crippen LogP contribution in [0.25, 0.3) is 0 Å². The average molecular weight is 212 g/mol. The molecular formula is C13H24O2. The molecule has 0 saturated carbocycles. The fourth-order valence-corrected chi connectivity index (χ4v) is 1.27. The summed E-state index contributed by atoms with van der Waals surface area (Å²) >= 11 is 0. The van der Waals surface area contributed by atoms with Gasteiger partial charge in [0, 0.05) is 6.42 Å². The smallest absolute Gasteiger partial charge is 0.306 e. The Morgan fingerprint density at radius 2 is 1.87 bits per heavy atom. The summed E-state index contributed by atoms with van der Waals surface area (Å²) in [5.41, 5.74) is 0. The van der Waals surface area contributed by atoms with Gasteiger partial charge in [-0.2, -0.15) is 0 Å². The predicted molar refractivity (Wildman–Crippen MR) is 63.7 cm³/mol. The van der Waals surface area contributed by atoms with E-state index in [1.165, 1.54) is 19.3 Å². The first kappa shape index (κ1) is 14.2. The van der Waals surface area contributed by atoms with Gasteiger partial charge in [-0.1, -0.05) is 31.9 Å². The minimum atomic E-state index is -0.0943. The monoisotopic (exact) mass is 212 g/mol. The molecule has 0 fully saturated rings. The van der Waals surface area contributed by atoms with Gasteiger partial charge in [0.05, 0.1) is 6.10 Å². The van der Waals surface area contributed by atoms with Crippen molar-refractivity contribution in [3.05, 3.63) is 12.2 Å². The van der Waals surface area contributed by atoms with E-state index < -0.39 is 0 Å². The second kappa shape index (κ2) is 9.75. The van der Waals surface area contributed by atoms with E-state index in [4.69, 9.17) is 4.74 Å². The number of carbonyl (C=O) groups is 1. The van der Waals surface area contributed by atoms with E-state index in [1.54, 1.807) is 0 Å². The molecule has 2 heteroatoms. The second-order valence-corrected chi connectivity index (χ2v) is 4.04. The lowest BCUT2D eigenvalue weighted by Gasteiger charge is -2.05. The summed E-state index contributed by atoms with van der Waals surface area (Å²) in [6.45, 7) is 5.95. The van der Waals surface area contributed by atoms with E-state index in [0.717, 1.165) is 12.8 Å². The molecule has 0 aromatic carbocycles. The minimum absolute atomic E-state index is 0.00559. The van der Waals surface area contributed by atoms with Crippen LogP contribution in [0.5, 0.6) is 0 Å². The third kappa shape index (κ3) is 11.1. The van der Waals surface area contributed by atoms with Crippen LogP contribution in [0.1, 0.15) is 59.3 Å². The number of carbonyl (C=O) groups excluding carboxylic acids is 1. The van der Waals surface area contributed by atoms with Crippen LogP contribution < -0.4 is 0 Å². The topological polar surface area (TPSA) is 26.3 Å². The number of allylic oxidation sites excluding steroid dienone is 2. The fourth-order valence-electron chi connectivity index (χ4n) is 1.27. The van der Waals surface area contributed by atoms with Crippen molar-refractivity contribution in [2.24, 2.45) is 0 Å². The number of rotatable bonds is 8. The molecule has 0 spiro atoms. The highest BCUT2D eigenvalue weighted by Crippen LogP contribution is 2.02. The van der Waals surface area contributed by atoms with Gasteiger partial charge in [0.2, 0.25) is 0 Å². The van der Waals surface area contributed by atoms with E-state index >= 15 is 0 Å². The van der Waals surface area contributed by atoms with Crippen molar-refractivity contribution in [1.29, 1.82) is 0 Å². The zero-order chi connectivity index (χ0) is 11.5. The zero-order valence-electron chi connectivity index (χ0n) is 10.3. The summed E-state index contributed by atoms with van der Waals surface area (Å²) in [6, 6.07) is 0. The van der Waals surface area contributed by atoms with Crippen LogP contribution in [0.4, 0.5) is 0 Å². The van der Waals surface area contributed by atoms with Crippen LogP contribution in [-0.4, -0.2) is 12.1 Å². The molecule has 0 bridgehead atoms. The third-order valence-electron chi connectivity index (χ3n) is 2.02. The normalized spacial score (nSPS) is 11.2. The molecule has 88 valence electrons. The van der Waals surface area contributed by atoms with Gasteiger partial charge < -0.3 is 4.74 Å². The van der Waals surface area contributed by atoms with Crippen LogP contribution in [0.2, 0.25) is 0 Å². The first-order valence-corrected chi connectivity index (χ1v) is 6.01. The number of esters is 1. The lowest BCUT2D eigenvalue weighted by atomic mass is 10.2. The molecule has 0 heterocycles. The molecule has 15 heavy (non-hydrogen) atoms. The van der Waals surface area contributed by atoms with E-state index in [0.29, 0.717) is 6.42 Å². The van der Waals surface area contributed by atoms with Crippen molar-refractivity contribution in [2.45, 2.75) is 65.4 Å². The highest BCUT2D eigenvalue weighted by Gasteiger charge is 2.02. The summed E-state index contributed by atoms with van der Waals surface area (Å²) in [4.78, 5) is 11.1. The molecular weight excluding hydrogens is 188 g/mol. The van der Waals surface area contributed by atoms with E-state index in [2.05, 4.69) is 19.1 Å². The molecule has 0 unspecified atom stereocenters. The highest BCUT2D eigenvalue weighted by atomic mass is 16.5. The molecule has 0 N–H and O–H groups in total. The van der Waals surface area contributed by atoms with Crippen LogP contribution >= 0.6 is 0 Å². The lowest BCUT2D eigenvalue weighted by molar-refractivity contribution is -0.147. The summed E-state index contributed by atoms with van der Waals surface area (Å²) in [6.07, 6.45) is 10.5. The van der Waals surface area contributed by atoms with Crippen LogP contribution in [-0.2, 0) is 9.53 Å². The minimum Gasteiger partial charge on any atom is -0.463 e. The Labute approximate surface area is 93.7 Å². The Bertz CT molecular complexity index is 183. The Morgan fingerprint density at radius 3 is 2.47 bits per heavy atom. The first-order chi connectivity index (χ1) is 7.16. The largest absolute Gasteiger partial charge is 0.463 e. The Balaban J connectivity index is 3.32. The Kier molecular flexibility index (Phi) is 9.24. The molecule has 0 aliphatic carbocycles. The van der Waals surface area contributed by atoms with Gasteiger partial charge in [-0.3, -0.25) is 4.79 Å². The Hall–Kier alpha value is -0.790. The van der Waals surface area contributed by atoms with Crippen molar-refractivity contribution in [1.82, 2.24) is 0 Å². The molecule has 2 nitrogen and oxygen atoms in total. The van der Waals surface area contributed by atoms with Crippen molar-refractivity contribution in [3.63, 3.8) is 0 Å². The van der Waals surface area contributed by atoms with Gasteiger partial charge >= 0.3 is 5.97 Å². The zero-order valence-corrected chi connectivity index (χ0v) is 10.3. The SMILES string of the molecule is CCCCC/C=C\CCC(=O)OC(C)C. The van der Waals surface area contributed by atoms with E-state index in [9.17, 15) is 4.79 Å². The lowest BCUT2D eigenvalue weighted by Crippen LogP contribution is -2.10. The quantitative estimate of drug-likeness (QED) is 0.347. The second-order valence-electron chi connectivity index (χ2n) is 4.04. The summed E-state index contributed by atoms with van der Waals surface area (Å²) < 4.78 is 5.02. The molecule has 0 radical (unpaired) electrons. The van der Waals surface area contributed by atoms with Gasteiger partial charge in [0.25, 0.3) is 0 Å².